The number of ketones is 1. The molecule has 1 aromatic carbocycles. The predicted molar refractivity (Wildman–Crippen MR) is 109 cm³/mol. The smallest absolute Gasteiger partial charge is 0.281 e. The lowest BCUT2D eigenvalue weighted by molar-refractivity contribution is -0.00628. The molecule has 3 aromatic rings. The summed E-state index contributed by atoms with van der Waals surface area (Å²) in [4.78, 5) is 29.4. The molecule has 3 heterocycles. The molecule has 0 amide bonds. The molecule has 2 aliphatic rings. The molecule has 0 atom stereocenters. The van der Waals surface area contributed by atoms with Crippen LogP contribution in [0, 0.1) is 0 Å². The molecule has 1 saturated heterocycles. The predicted octanol–water partition coefficient (Wildman–Crippen LogP) is 1.12. The van der Waals surface area contributed by atoms with Crippen LogP contribution in [0.15, 0.2) is 35.4 Å². The van der Waals surface area contributed by atoms with E-state index in [4.69, 9.17) is 0 Å². The van der Waals surface area contributed by atoms with E-state index in [1.54, 1.807) is 29.9 Å². The zero-order valence-corrected chi connectivity index (χ0v) is 16.1. The summed E-state index contributed by atoms with van der Waals surface area (Å²) in [6, 6.07) is 5.56. The molecule has 0 bridgehead atoms. The average Bonchev–Trinajstić information content (AvgIpc) is 3.24. The second kappa shape index (κ2) is 6.47. The molecule has 5 rings (SSSR count). The summed E-state index contributed by atoms with van der Waals surface area (Å²) in [6.45, 7) is 1.65. The summed E-state index contributed by atoms with van der Waals surface area (Å²) in [5.74, 6) is -0.00160. The van der Waals surface area contributed by atoms with Gasteiger partial charge in [-0.2, -0.15) is 5.10 Å². The summed E-state index contributed by atoms with van der Waals surface area (Å²) in [7, 11) is 1.77. The lowest BCUT2D eigenvalue weighted by Gasteiger charge is -2.32. The van der Waals surface area contributed by atoms with E-state index in [-0.39, 0.29) is 23.4 Å². The summed E-state index contributed by atoms with van der Waals surface area (Å²) in [6.07, 6.45) is 6.02. The molecule has 1 aliphatic carbocycles. The quantitative estimate of drug-likeness (QED) is 0.694. The van der Waals surface area contributed by atoms with Crippen molar-refractivity contribution in [3.63, 3.8) is 0 Å². The Bertz CT molecular complexity index is 1230. The van der Waals surface area contributed by atoms with Gasteiger partial charge in [0.25, 0.3) is 5.56 Å². The highest BCUT2D eigenvalue weighted by Crippen LogP contribution is 2.30. The first-order chi connectivity index (χ1) is 14.0. The number of hydrogen-bond donors (Lipinski definition) is 2. The zero-order valence-electron chi connectivity index (χ0n) is 16.1. The number of benzene rings is 1. The SMILES string of the molecule is Cn1nc2c(=O)n(CC3(O)CCNCC3)cnc2c1-c1ccc2c(c1)C=CC2=O. The van der Waals surface area contributed by atoms with Crippen LogP contribution in [0.3, 0.4) is 0 Å². The Labute approximate surface area is 166 Å². The Morgan fingerprint density at radius 2 is 1.97 bits per heavy atom. The average molecular weight is 391 g/mol. The molecule has 0 unspecified atom stereocenters. The molecule has 0 saturated carbocycles. The maximum Gasteiger partial charge on any atom is 0.281 e. The van der Waals surface area contributed by atoms with Crippen molar-refractivity contribution in [2.45, 2.75) is 25.0 Å². The number of carbonyl (C=O) groups excluding carboxylic acids is 1. The molecular weight excluding hydrogens is 370 g/mol. The van der Waals surface area contributed by atoms with E-state index in [9.17, 15) is 14.7 Å². The first-order valence-electron chi connectivity index (χ1n) is 9.67. The van der Waals surface area contributed by atoms with Crippen LogP contribution < -0.4 is 10.9 Å². The number of aromatic nitrogens is 4. The first kappa shape index (κ1) is 18.0. The number of allylic oxidation sites excluding steroid dienone is 1. The minimum atomic E-state index is -0.916. The van der Waals surface area contributed by atoms with E-state index in [2.05, 4.69) is 15.4 Å². The normalized spacial score (nSPS) is 17.8. The number of aliphatic hydroxyl groups is 1. The van der Waals surface area contributed by atoms with Crippen molar-refractivity contribution < 1.29 is 9.90 Å². The molecule has 2 aromatic heterocycles. The zero-order chi connectivity index (χ0) is 20.2. The van der Waals surface area contributed by atoms with Crippen LogP contribution in [-0.2, 0) is 13.6 Å². The van der Waals surface area contributed by atoms with Gasteiger partial charge in [-0.3, -0.25) is 18.8 Å². The molecule has 8 heteroatoms. The van der Waals surface area contributed by atoms with Crippen molar-refractivity contribution in [1.82, 2.24) is 24.6 Å². The molecule has 8 nitrogen and oxygen atoms in total. The van der Waals surface area contributed by atoms with Crippen molar-refractivity contribution >= 4 is 22.9 Å². The molecule has 2 N–H and O–H groups in total. The minimum absolute atomic E-state index is 0.00160. The molecule has 1 aliphatic heterocycles. The van der Waals surface area contributed by atoms with Gasteiger partial charge in [-0.25, -0.2) is 4.98 Å². The van der Waals surface area contributed by atoms with Gasteiger partial charge in [0, 0.05) is 18.2 Å². The molecule has 0 radical (unpaired) electrons. The Balaban J connectivity index is 1.58. The number of fused-ring (bicyclic) bond motifs is 2. The van der Waals surface area contributed by atoms with Crippen LogP contribution in [0.1, 0.15) is 28.8 Å². The van der Waals surface area contributed by atoms with Gasteiger partial charge in [-0.05, 0) is 49.7 Å². The largest absolute Gasteiger partial charge is 0.388 e. The van der Waals surface area contributed by atoms with Crippen LogP contribution in [-0.4, -0.2) is 48.9 Å². The van der Waals surface area contributed by atoms with Gasteiger partial charge in [0.15, 0.2) is 11.3 Å². The number of carbonyl (C=O) groups is 1. The Morgan fingerprint density at radius 1 is 1.17 bits per heavy atom. The van der Waals surface area contributed by atoms with Crippen molar-refractivity contribution in [2.75, 3.05) is 13.1 Å². The molecular formula is C21H21N5O3. The minimum Gasteiger partial charge on any atom is -0.388 e. The van der Waals surface area contributed by atoms with E-state index < -0.39 is 5.60 Å². The Morgan fingerprint density at radius 3 is 2.76 bits per heavy atom. The highest BCUT2D eigenvalue weighted by molar-refractivity contribution is 6.14. The molecule has 0 spiro atoms. The highest BCUT2D eigenvalue weighted by atomic mass is 16.3. The third-order valence-corrected chi connectivity index (χ3v) is 5.82. The fraction of sp³-hybridized carbons (Fsp3) is 0.333. The van der Waals surface area contributed by atoms with E-state index in [0.717, 1.165) is 29.9 Å². The van der Waals surface area contributed by atoms with Gasteiger partial charge < -0.3 is 10.4 Å². The molecule has 29 heavy (non-hydrogen) atoms. The number of hydrogen-bond acceptors (Lipinski definition) is 6. The van der Waals surface area contributed by atoms with Crippen LogP contribution in [0.4, 0.5) is 0 Å². The number of aryl methyl sites for hydroxylation is 1. The maximum atomic E-state index is 13.0. The van der Waals surface area contributed by atoms with Crippen LogP contribution in [0.2, 0.25) is 0 Å². The van der Waals surface area contributed by atoms with Crippen LogP contribution in [0.5, 0.6) is 0 Å². The molecule has 148 valence electrons. The van der Waals surface area contributed by atoms with Crippen molar-refractivity contribution in [2.24, 2.45) is 7.05 Å². The van der Waals surface area contributed by atoms with Gasteiger partial charge >= 0.3 is 0 Å². The van der Waals surface area contributed by atoms with Crippen molar-refractivity contribution in [1.29, 1.82) is 0 Å². The fourth-order valence-electron chi connectivity index (χ4n) is 4.23. The van der Waals surface area contributed by atoms with E-state index >= 15 is 0 Å². The third kappa shape index (κ3) is 2.92. The van der Waals surface area contributed by atoms with Crippen molar-refractivity contribution in [3.8, 4) is 11.3 Å². The second-order valence-corrected chi connectivity index (χ2v) is 7.82. The number of nitrogens with one attached hydrogen (secondary N) is 1. The van der Waals surface area contributed by atoms with Crippen molar-refractivity contribution in [3.05, 3.63) is 52.1 Å². The lowest BCUT2D eigenvalue weighted by atomic mass is 9.92. The summed E-state index contributed by atoms with van der Waals surface area (Å²) < 4.78 is 3.10. The summed E-state index contributed by atoms with van der Waals surface area (Å²) >= 11 is 0. The second-order valence-electron chi connectivity index (χ2n) is 7.82. The number of rotatable bonds is 3. The monoisotopic (exact) mass is 391 g/mol. The molecule has 1 fully saturated rings. The highest BCUT2D eigenvalue weighted by Gasteiger charge is 2.30. The van der Waals surface area contributed by atoms with Crippen LogP contribution in [0.25, 0.3) is 28.4 Å². The fourth-order valence-corrected chi connectivity index (χ4v) is 4.23. The van der Waals surface area contributed by atoms with Gasteiger partial charge in [0.05, 0.1) is 24.2 Å². The van der Waals surface area contributed by atoms with E-state index in [1.165, 1.54) is 10.9 Å². The maximum absolute atomic E-state index is 13.0. The Kier molecular flexibility index (Phi) is 4.01. The lowest BCUT2D eigenvalue weighted by Crippen LogP contribution is -2.46. The van der Waals surface area contributed by atoms with E-state index in [1.807, 2.05) is 12.1 Å². The van der Waals surface area contributed by atoms with Gasteiger partial charge in [0.1, 0.15) is 5.52 Å². The topological polar surface area (TPSA) is 102 Å². The summed E-state index contributed by atoms with van der Waals surface area (Å²) in [5.41, 5.74) is 2.69. The Hall–Kier alpha value is -3.10. The third-order valence-electron chi connectivity index (χ3n) is 5.82. The number of nitrogens with zero attached hydrogens (tertiary/aromatic N) is 4. The number of piperidine rings is 1. The summed E-state index contributed by atoms with van der Waals surface area (Å²) in [5, 5.41) is 18.4. The van der Waals surface area contributed by atoms with Crippen LogP contribution >= 0.6 is 0 Å². The van der Waals surface area contributed by atoms with E-state index in [0.29, 0.717) is 23.9 Å². The van der Waals surface area contributed by atoms with Gasteiger partial charge in [0.2, 0.25) is 0 Å². The van der Waals surface area contributed by atoms with Gasteiger partial charge in [-0.15, -0.1) is 0 Å². The van der Waals surface area contributed by atoms with Gasteiger partial charge in [-0.1, -0.05) is 12.1 Å². The first-order valence-corrected chi connectivity index (χ1v) is 9.67. The standard InChI is InChI=1S/C21H21N5O3/c1-25-19(14-2-4-15-13(10-14)3-5-16(15)27)17-18(24-25)20(28)26(12-23-17)11-21(29)6-8-22-9-7-21/h2-5,10,12,22,29H,6-9,11H2,1H3.